The molecule has 2 aromatic rings. The molecule has 0 aliphatic carbocycles. The fourth-order valence-electron chi connectivity index (χ4n) is 2.04. The molecule has 2 nitrogen and oxygen atoms in total. The van der Waals surface area contributed by atoms with Gasteiger partial charge in [0.2, 0.25) is 0 Å². The molecule has 1 aromatic carbocycles. The summed E-state index contributed by atoms with van der Waals surface area (Å²) in [7, 11) is 0. The van der Waals surface area contributed by atoms with Crippen molar-refractivity contribution in [2.45, 2.75) is 32.9 Å². The van der Waals surface area contributed by atoms with Gasteiger partial charge in [0.25, 0.3) is 0 Å². The third kappa shape index (κ3) is 4.80. The molecule has 1 aromatic heterocycles. The molecule has 0 fully saturated rings. The van der Waals surface area contributed by atoms with Crippen LogP contribution in [0.3, 0.4) is 0 Å². The third-order valence-electron chi connectivity index (χ3n) is 3.13. The second-order valence-electron chi connectivity index (χ2n) is 4.88. The van der Waals surface area contributed by atoms with E-state index in [2.05, 4.69) is 35.1 Å². The van der Waals surface area contributed by atoms with Crippen molar-refractivity contribution >= 4 is 27.3 Å². The highest BCUT2D eigenvalue weighted by Crippen LogP contribution is 2.28. The Bertz CT molecular complexity index is 587. The van der Waals surface area contributed by atoms with Gasteiger partial charge in [0.1, 0.15) is 18.2 Å². The Kier molecular flexibility index (Phi) is 6.21. The van der Waals surface area contributed by atoms with Crippen molar-refractivity contribution in [2.75, 3.05) is 6.54 Å². The predicted octanol–water partition coefficient (Wildman–Crippen LogP) is 5.29. The first kappa shape index (κ1) is 16.5. The molecule has 0 saturated heterocycles. The molecule has 0 saturated carbocycles. The Morgan fingerprint density at radius 2 is 2.19 bits per heavy atom. The van der Waals surface area contributed by atoms with Crippen molar-refractivity contribution < 1.29 is 9.13 Å². The number of halogens is 2. The van der Waals surface area contributed by atoms with Crippen LogP contribution >= 0.6 is 27.3 Å². The van der Waals surface area contributed by atoms with Gasteiger partial charge in [-0.15, -0.1) is 11.3 Å². The molecule has 114 valence electrons. The maximum absolute atomic E-state index is 13.5. The molecule has 0 radical (unpaired) electrons. The minimum Gasteiger partial charge on any atom is -0.488 e. The Morgan fingerprint density at radius 1 is 1.38 bits per heavy atom. The van der Waals surface area contributed by atoms with E-state index in [0.717, 1.165) is 27.9 Å². The minimum absolute atomic E-state index is 0.135. The highest BCUT2D eigenvalue weighted by atomic mass is 79.9. The highest BCUT2D eigenvalue weighted by molar-refractivity contribution is 9.10. The number of hydrogen-bond donors (Lipinski definition) is 1. The normalized spacial score (nSPS) is 12.4. The van der Waals surface area contributed by atoms with Crippen molar-refractivity contribution in [2.24, 2.45) is 0 Å². The van der Waals surface area contributed by atoms with E-state index in [1.807, 2.05) is 11.4 Å². The average Bonchev–Trinajstić information content (AvgIpc) is 2.88. The van der Waals surface area contributed by atoms with E-state index in [0.29, 0.717) is 12.4 Å². The summed E-state index contributed by atoms with van der Waals surface area (Å²) in [5.74, 6) is 0.333. The second kappa shape index (κ2) is 7.92. The van der Waals surface area contributed by atoms with Gasteiger partial charge in [-0.3, -0.25) is 0 Å². The molecule has 0 bridgehead atoms. The number of ether oxygens (including phenoxy) is 1. The van der Waals surface area contributed by atoms with Gasteiger partial charge in [-0.25, -0.2) is 4.39 Å². The predicted molar refractivity (Wildman–Crippen MR) is 89.5 cm³/mol. The van der Waals surface area contributed by atoms with Crippen LogP contribution in [0.4, 0.5) is 4.39 Å². The maximum Gasteiger partial charge on any atom is 0.127 e. The summed E-state index contributed by atoms with van der Waals surface area (Å²) >= 11 is 5.04. The zero-order chi connectivity index (χ0) is 15.2. The van der Waals surface area contributed by atoms with E-state index in [9.17, 15) is 4.39 Å². The van der Waals surface area contributed by atoms with Crippen molar-refractivity contribution in [3.63, 3.8) is 0 Å². The van der Waals surface area contributed by atoms with Gasteiger partial charge in [0, 0.05) is 32.4 Å². The van der Waals surface area contributed by atoms with Crippen molar-refractivity contribution in [3.8, 4) is 5.75 Å². The summed E-state index contributed by atoms with van der Waals surface area (Å²) < 4.78 is 20.4. The molecular formula is C16H19BrFNOS. The molecule has 0 aliphatic heterocycles. The number of nitrogens with one attached hydrogen (secondary N) is 1. The van der Waals surface area contributed by atoms with E-state index in [-0.39, 0.29) is 11.9 Å². The van der Waals surface area contributed by atoms with Crippen LogP contribution in [0.1, 0.15) is 36.8 Å². The van der Waals surface area contributed by atoms with E-state index in [4.69, 9.17) is 4.74 Å². The SMILES string of the molecule is CCCNC(C)c1ccc(F)cc1OCc1cc(Br)cs1. The Hall–Kier alpha value is -0.910. The first-order valence-corrected chi connectivity index (χ1v) is 8.66. The van der Waals surface area contributed by atoms with Gasteiger partial charge in [0.05, 0.1) is 0 Å². The number of hydrogen-bond acceptors (Lipinski definition) is 3. The Labute approximate surface area is 137 Å². The number of rotatable bonds is 7. The smallest absolute Gasteiger partial charge is 0.127 e. The van der Waals surface area contributed by atoms with Crippen LogP contribution in [0.5, 0.6) is 5.75 Å². The van der Waals surface area contributed by atoms with Crippen LogP contribution in [-0.2, 0) is 6.61 Å². The molecular weight excluding hydrogens is 353 g/mol. The molecule has 0 spiro atoms. The van der Waals surface area contributed by atoms with Gasteiger partial charge >= 0.3 is 0 Å². The average molecular weight is 372 g/mol. The van der Waals surface area contributed by atoms with E-state index >= 15 is 0 Å². The fraction of sp³-hybridized carbons (Fsp3) is 0.375. The van der Waals surface area contributed by atoms with Crippen molar-refractivity contribution in [1.82, 2.24) is 5.32 Å². The van der Waals surface area contributed by atoms with Crippen LogP contribution < -0.4 is 10.1 Å². The lowest BCUT2D eigenvalue weighted by atomic mass is 10.1. The van der Waals surface area contributed by atoms with E-state index < -0.39 is 0 Å². The monoisotopic (exact) mass is 371 g/mol. The first-order valence-electron chi connectivity index (χ1n) is 6.98. The number of benzene rings is 1. The summed E-state index contributed by atoms with van der Waals surface area (Å²) in [6.45, 7) is 5.57. The van der Waals surface area contributed by atoms with Crippen molar-refractivity contribution in [1.29, 1.82) is 0 Å². The van der Waals surface area contributed by atoms with Gasteiger partial charge in [-0.05, 0) is 48.0 Å². The fourth-order valence-corrected chi connectivity index (χ4v) is 3.40. The summed E-state index contributed by atoms with van der Waals surface area (Å²) in [4.78, 5) is 1.10. The zero-order valence-corrected chi connectivity index (χ0v) is 14.6. The van der Waals surface area contributed by atoms with Crippen LogP contribution in [0.25, 0.3) is 0 Å². The zero-order valence-electron chi connectivity index (χ0n) is 12.2. The van der Waals surface area contributed by atoms with Gasteiger partial charge in [-0.2, -0.15) is 0 Å². The van der Waals surface area contributed by atoms with Crippen LogP contribution in [0, 0.1) is 5.82 Å². The summed E-state index contributed by atoms with van der Waals surface area (Å²) in [5.41, 5.74) is 0.987. The summed E-state index contributed by atoms with van der Waals surface area (Å²) in [5, 5.41) is 5.41. The second-order valence-corrected chi connectivity index (χ2v) is 6.79. The molecule has 5 heteroatoms. The highest BCUT2D eigenvalue weighted by Gasteiger charge is 2.12. The standard InChI is InChI=1S/C16H19BrFNOS/c1-3-6-19-11(2)15-5-4-13(18)8-16(15)20-9-14-7-12(17)10-21-14/h4-5,7-8,10-11,19H,3,6,9H2,1-2H3. The molecule has 1 atom stereocenters. The Morgan fingerprint density at radius 3 is 2.86 bits per heavy atom. The van der Waals surface area contributed by atoms with Crippen molar-refractivity contribution in [3.05, 3.63) is 50.4 Å². The summed E-state index contributed by atoms with van der Waals surface area (Å²) in [6.07, 6.45) is 1.06. The lowest BCUT2D eigenvalue weighted by Gasteiger charge is -2.18. The molecule has 0 amide bonds. The topological polar surface area (TPSA) is 21.3 Å². The lowest BCUT2D eigenvalue weighted by Crippen LogP contribution is -2.20. The maximum atomic E-state index is 13.5. The van der Waals surface area contributed by atoms with Gasteiger partial charge in [-0.1, -0.05) is 13.0 Å². The minimum atomic E-state index is -0.274. The summed E-state index contributed by atoms with van der Waals surface area (Å²) in [6, 6.07) is 6.89. The molecule has 1 N–H and O–H groups in total. The van der Waals surface area contributed by atoms with Crippen LogP contribution in [-0.4, -0.2) is 6.54 Å². The van der Waals surface area contributed by atoms with Crippen LogP contribution in [0.15, 0.2) is 34.1 Å². The lowest BCUT2D eigenvalue weighted by molar-refractivity contribution is 0.301. The van der Waals surface area contributed by atoms with E-state index in [1.54, 1.807) is 17.4 Å². The van der Waals surface area contributed by atoms with Gasteiger partial charge < -0.3 is 10.1 Å². The van der Waals surface area contributed by atoms with E-state index in [1.165, 1.54) is 12.1 Å². The molecule has 1 heterocycles. The quantitative estimate of drug-likeness (QED) is 0.713. The molecule has 1 unspecified atom stereocenters. The molecule has 2 rings (SSSR count). The largest absolute Gasteiger partial charge is 0.488 e. The first-order chi connectivity index (χ1) is 10.1. The molecule has 21 heavy (non-hydrogen) atoms. The Balaban J connectivity index is 2.10. The third-order valence-corrected chi connectivity index (χ3v) is 4.81. The number of thiophene rings is 1. The van der Waals surface area contributed by atoms with Gasteiger partial charge in [0.15, 0.2) is 0 Å². The van der Waals surface area contributed by atoms with Crippen LogP contribution in [0.2, 0.25) is 0 Å². The molecule has 0 aliphatic rings.